The van der Waals surface area contributed by atoms with E-state index >= 15 is 0 Å². The van der Waals surface area contributed by atoms with Gasteiger partial charge in [0.05, 0.1) is 16.5 Å². The Balaban J connectivity index is 1.57. The molecule has 3 aromatic carbocycles. The monoisotopic (exact) mass is 467 g/mol. The molecule has 1 aliphatic rings. The summed E-state index contributed by atoms with van der Waals surface area (Å²) < 4.78 is 11.6. The number of esters is 1. The molecule has 174 valence electrons. The van der Waals surface area contributed by atoms with E-state index in [0.29, 0.717) is 11.1 Å². The molecular weight excluding hydrogens is 446 g/mol. The quantitative estimate of drug-likeness (QED) is 0.320. The van der Waals surface area contributed by atoms with Gasteiger partial charge in [0.25, 0.3) is 11.8 Å². The number of rotatable bonds is 4. The summed E-state index contributed by atoms with van der Waals surface area (Å²) in [4.78, 5) is 53.1. The summed E-state index contributed by atoms with van der Waals surface area (Å²) in [5, 5.41) is 0.261. The number of imide groups is 1. The minimum absolute atomic E-state index is 0.0919. The molecule has 4 aromatic rings. The van der Waals surface area contributed by atoms with E-state index in [4.69, 9.17) is 9.15 Å². The Morgan fingerprint density at radius 2 is 1.46 bits per heavy atom. The highest BCUT2D eigenvalue weighted by atomic mass is 16.5. The first-order chi connectivity index (χ1) is 16.8. The van der Waals surface area contributed by atoms with Gasteiger partial charge in [-0.2, -0.15) is 0 Å². The molecule has 1 aliphatic heterocycles. The molecule has 7 heteroatoms. The summed E-state index contributed by atoms with van der Waals surface area (Å²) in [5.74, 6) is -2.30. The summed E-state index contributed by atoms with van der Waals surface area (Å²) >= 11 is 0. The molecule has 1 atom stereocenters. The summed E-state index contributed by atoms with van der Waals surface area (Å²) in [6.45, 7) is 5.15. The highest BCUT2D eigenvalue weighted by molar-refractivity contribution is 6.22. The van der Waals surface area contributed by atoms with Crippen molar-refractivity contribution in [2.45, 2.75) is 26.8 Å². The van der Waals surface area contributed by atoms with Crippen LogP contribution >= 0.6 is 0 Å². The number of fused-ring (bicyclic) bond motifs is 2. The standard InChI is InChI=1S/C28H21NO6/c1-15-8-11-18(12-9-15)24-25(23(30)21-14-16(2)10-13-22(21)34-24)35-28(33)17(3)29-26(31)19-6-4-5-7-20(19)27(29)32/h4-14,17H,1-3H3. The van der Waals surface area contributed by atoms with Crippen LogP contribution in [-0.4, -0.2) is 28.7 Å². The molecule has 0 spiro atoms. The lowest BCUT2D eigenvalue weighted by Crippen LogP contribution is -2.45. The lowest BCUT2D eigenvalue weighted by Gasteiger charge is -2.21. The Morgan fingerprint density at radius 1 is 0.857 bits per heavy atom. The summed E-state index contributed by atoms with van der Waals surface area (Å²) in [5.41, 5.74) is 2.66. The molecule has 2 heterocycles. The zero-order chi connectivity index (χ0) is 24.9. The van der Waals surface area contributed by atoms with Crippen molar-refractivity contribution in [1.82, 2.24) is 4.90 Å². The SMILES string of the molecule is Cc1ccc(-c2oc3ccc(C)cc3c(=O)c2OC(=O)C(C)N2C(=O)c3ccccc3C2=O)cc1. The third-order valence-electron chi connectivity index (χ3n) is 6.07. The Kier molecular flexibility index (Phi) is 5.32. The molecule has 35 heavy (non-hydrogen) atoms. The van der Waals surface area contributed by atoms with Crippen molar-refractivity contribution in [3.05, 3.63) is 99.2 Å². The Bertz CT molecular complexity index is 1550. The van der Waals surface area contributed by atoms with Crippen LogP contribution in [0.4, 0.5) is 0 Å². The molecule has 1 aromatic heterocycles. The van der Waals surface area contributed by atoms with Crippen molar-refractivity contribution < 1.29 is 23.5 Å². The van der Waals surface area contributed by atoms with E-state index in [1.54, 1.807) is 36.4 Å². The van der Waals surface area contributed by atoms with Crippen LogP contribution in [0.25, 0.3) is 22.3 Å². The highest BCUT2D eigenvalue weighted by Gasteiger charge is 2.41. The van der Waals surface area contributed by atoms with Gasteiger partial charge in [0, 0.05) is 5.56 Å². The lowest BCUT2D eigenvalue weighted by atomic mass is 10.1. The van der Waals surface area contributed by atoms with E-state index in [9.17, 15) is 19.2 Å². The van der Waals surface area contributed by atoms with Crippen molar-refractivity contribution in [3.8, 4) is 17.1 Å². The molecular formula is C28H21NO6. The second-order valence-electron chi connectivity index (χ2n) is 8.58. The van der Waals surface area contributed by atoms with Crippen LogP contribution in [0.3, 0.4) is 0 Å². The zero-order valence-corrected chi connectivity index (χ0v) is 19.3. The highest BCUT2D eigenvalue weighted by Crippen LogP contribution is 2.32. The van der Waals surface area contributed by atoms with E-state index < -0.39 is 29.3 Å². The average molecular weight is 467 g/mol. The molecule has 2 amide bonds. The third kappa shape index (κ3) is 3.71. The van der Waals surface area contributed by atoms with Crippen molar-refractivity contribution in [2.75, 3.05) is 0 Å². The maximum Gasteiger partial charge on any atom is 0.334 e. The van der Waals surface area contributed by atoms with Gasteiger partial charge in [-0.15, -0.1) is 0 Å². The van der Waals surface area contributed by atoms with E-state index in [2.05, 4.69) is 0 Å². The first-order valence-electron chi connectivity index (χ1n) is 11.1. The number of hydrogen-bond donors (Lipinski definition) is 0. The van der Waals surface area contributed by atoms with Crippen LogP contribution < -0.4 is 10.2 Å². The molecule has 5 rings (SSSR count). The fourth-order valence-electron chi connectivity index (χ4n) is 4.13. The first-order valence-corrected chi connectivity index (χ1v) is 11.1. The molecule has 0 N–H and O–H groups in total. The summed E-state index contributed by atoms with van der Waals surface area (Å²) in [7, 11) is 0. The minimum Gasteiger partial charge on any atom is -0.452 e. The Hall–Kier alpha value is -4.52. The summed E-state index contributed by atoms with van der Waals surface area (Å²) in [6, 6.07) is 17.5. The maximum atomic E-state index is 13.4. The molecule has 0 saturated carbocycles. The zero-order valence-electron chi connectivity index (χ0n) is 19.3. The number of hydrogen-bond acceptors (Lipinski definition) is 6. The predicted octanol–water partition coefficient (Wildman–Crippen LogP) is 4.67. The largest absolute Gasteiger partial charge is 0.452 e. The number of benzene rings is 3. The smallest absolute Gasteiger partial charge is 0.334 e. The second-order valence-corrected chi connectivity index (χ2v) is 8.58. The van der Waals surface area contributed by atoms with Crippen LogP contribution in [0, 0.1) is 13.8 Å². The third-order valence-corrected chi connectivity index (χ3v) is 6.07. The van der Waals surface area contributed by atoms with Crippen LogP contribution in [0.2, 0.25) is 0 Å². The van der Waals surface area contributed by atoms with Gasteiger partial charge in [0.15, 0.2) is 5.76 Å². The lowest BCUT2D eigenvalue weighted by molar-refractivity contribution is -0.138. The molecule has 7 nitrogen and oxygen atoms in total. The van der Waals surface area contributed by atoms with Crippen LogP contribution in [-0.2, 0) is 4.79 Å². The average Bonchev–Trinajstić information content (AvgIpc) is 3.11. The normalized spacial score (nSPS) is 13.7. The van der Waals surface area contributed by atoms with Crippen LogP contribution in [0.15, 0.2) is 75.9 Å². The van der Waals surface area contributed by atoms with Crippen LogP contribution in [0.1, 0.15) is 38.8 Å². The van der Waals surface area contributed by atoms with Gasteiger partial charge in [0.2, 0.25) is 11.2 Å². The van der Waals surface area contributed by atoms with Crippen molar-refractivity contribution in [3.63, 3.8) is 0 Å². The van der Waals surface area contributed by atoms with E-state index in [-0.39, 0.29) is 28.0 Å². The number of aryl methyl sites for hydroxylation is 2. The molecule has 0 aliphatic carbocycles. The number of carbonyl (C=O) groups excluding carboxylic acids is 3. The second kappa shape index (κ2) is 8.36. The minimum atomic E-state index is -1.26. The van der Waals surface area contributed by atoms with Gasteiger partial charge in [-0.25, -0.2) is 4.79 Å². The van der Waals surface area contributed by atoms with Gasteiger partial charge >= 0.3 is 5.97 Å². The number of ether oxygens (including phenoxy) is 1. The van der Waals surface area contributed by atoms with Crippen molar-refractivity contribution in [1.29, 1.82) is 0 Å². The molecule has 0 radical (unpaired) electrons. The fraction of sp³-hybridized carbons (Fsp3) is 0.143. The molecule has 1 unspecified atom stereocenters. The topological polar surface area (TPSA) is 93.9 Å². The van der Waals surface area contributed by atoms with Crippen LogP contribution in [0.5, 0.6) is 5.75 Å². The first kappa shape index (κ1) is 22.3. The Morgan fingerprint density at radius 3 is 2.09 bits per heavy atom. The fourth-order valence-corrected chi connectivity index (χ4v) is 4.13. The Labute approximate surface area is 200 Å². The van der Waals surface area contributed by atoms with Crippen molar-refractivity contribution >= 4 is 28.8 Å². The summed E-state index contributed by atoms with van der Waals surface area (Å²) in [6.07, 6.45) is 0. The van der Waals surface area contributed by atoms with Crippen molar-refractivity contribution in [2.24, 2.45) is 0 Å². The number of nitrogens with zero attached hydrogens (tertiary/aromatic N) is 1. The molecule has 0 fully saturated rings. The molecule has 0 saturated heterocycles. The predicted molar refractivity (Wildman–Crippen MR) is 129 cm³/mol. The van der Waals surface area contributed by atoms with E-state index in [1.807, 2.05) is 32.0 Å². The van der Waals surface area contributed by atoms with E-state index in [0.717, 1.165) is 16.0 Å². The maximum absolute atomic E-state index is 13.4. The van der Waals surface area contributed by atoms with Gasteiger partial charge in [-0.1, -0.05) is 53.6 Å². The van der Waals surface area contributed by atoms with Gasteiger partial charge in [0.1, 0.15) is 11.6 Å². The number of amides is 2. The number of carbonyl (C=O) groups is 3. The van der Waals surface area contributed by atoms with Gasteiger partial charge in [-0.05, 0) is 45.0 Å². The van der Waals surface area contributed by atoms with Gasteiger partial charge in [-0.3, -0.25) is 19.3 Å². The molecule has 0 bridgehead atoms. The van der Waals surface area contributed by atoms with E-state index in [1.165, 1.54) is 19.1 Å². The van der Waals surface area contributed by atoms with Gasteiger partial charge < -0.3 is 9.15 Å².